The number of furan rings is 1. The number of ether oxygens (including phenoxy) is 2. The van der Waals surface area contributed by atoms with Crippen LogP contribution < -0.4 is 14.8 Å². The molecule has 0 aliphatic heterocycles. The maximum absolute atomic E-state index is 9.96. The lowest BCUT2D eigenvalue weighted by atomic mass is 10.2. The second kappa shape index (κ2) is 6.54. The Kier molecular flexibility index (Phi) is 4.76. The molecule has 0 bridgehead atoms. The number of halogens is 1. The number of hydrogen-bond donors (Lipinski definition) is 2. The molecule has 2 N–H and O–H groups in total. The van der Waals surface area contributed by atoms with Gasteiger partial charge in [0.1, 0.15) is 23.4 Å². The zero-order chi connectivity index (χ0) is 14.5. The number of methoxy groups -OCH3 is 2. The normalized spacial score (nSPS) is 12.0. The number of aliphatic hydroxyl groups excluding tert-OH is 1. The van der Waals surface area contributed by atoms with Crippen LogP contribution in [0.25, 0.3) is 0 Å². The van der Waals surface area contributed by atoms with Crippen LogP contribution in [-0.4, -0.2) is 25.9 Å². The molecular formula is C14H16ClNO4. The Morgan fingerprint density at radius 2 is 2.05 bits per heavy atom. The molecule has 0 saturated heterocycles. The first-order valence-corrected chi connectivity index (χ1v) is 6.40. The molecule has 108 valence electrons. The van der Waals surface area contributed by atoms with Crippen molar-refractivity contribution in [2.45, 2.75) is 6.10 Å². The highest BCUT2D eigenvalue weighted by Crippen LogP contribution is 2.36. The summed E-state index contributed by atoms with van der Waals surface area (Å²) >= 11 is 6.03. The van der Waals surface area contributed by atoms with E-state index in [1.54, 1.807) is 31.4 Å². The van der Waals surface area contributed by atoms with Gasteiger partial charge < -0.3 is 24.3 Å². The Balaban J connectivity index is 2.12. The Hall–Kier alpha value is -1.85. The molecule has 0 aliphatic rings. The number of rotatable bonds is 6. The van der Waals surface area contributed by atoms with Crippen LogP contribution in [0.4, 0.5) is 5.69 Å². The van der Waals surface area contributed by atoms with E-state index in [-0.39, 0.29) is 6.54 Å². The van der Waals surface area contributed by atoms with Gasteiger partial charge in [0.25, 0.3) is 0 Å². The molecule has 6 heteroatoms. The molecule has 0 fully saturated rings. The van der Waals surface area contributed by atoms with Crippen LogP contribution in [0.1, 0.15) is 11.9 Å². The Morgan fingerprint density at radius 3 is 2.65 bits per heavy atom. The van der Waals surface area contributed by atoms with Crippen LogP contribution in [0, 0.1) is 0 Å². The van der Waals surface area contributed by atoms with Crippen molar-refractivity contribution in [1.29, 1.82) is 0 Å². The van der Waals surface area contributed by atoms with E-state index < -0.39 is 6.10 Å². The van der Waals surface area contributed by atoms with Crippen LogP contribution in [0.3, 0.4) is 0 Å². The van der Waals surface area contributed by atoms with Gasteiger partial charge in [-0.2, -0.15) is 0 Å². The van der Waals surface area contributed by atoms with E-state index in [2.05, 4.69) is 5.32 Å². The minimum atomic E-state index is -0.753. The maximum atomic E-state index is 9.96. The van der Waals surface area contributed by atoms with Gasteiger partial charge in [0.15, 0.2) is 0 Å². The molecule has 1 aromatic carbocycles. The fourth-order valence-corrected chi connectivity index (χ4v) is 2.02. The predicted molar refractivity (Wildman–Crippen MR) is 76.7 cm³/mol. The highest BCUT2D eigenvalue weighted by molar-refractivity contribution is 6.32. The Labute approximate surface area is 122 Å². The fraction of sp³-hybridized carbons (Fsp3) is 0.286. The number of nitrogens with one attached hydrogen (secondary N) is 1. The van der Waals surface area contributed by atoms with Gasteiger partial charge in [-0.15, -0.1) is 0 Å². The maximum Gasteiger partial charge on any atom is 0.143 e. The molecular weight excluding hydrogens is 282 g/mol. The van der Waals surface area contributed by atoms with Crippen molar-refractivity contribution < 1.29 is 19.0 Å². The molecule has 2 rings (SSSR count). The third-order valence-electron chi connectivity index (χ3n) is 2.83. The summed E-state index contributed by atoms with van der Waals surface area (Å²) < 4.78 is 15.5. The second-order valence-corrected chi connectivity index (χ2v) is 4.51. The molecule has 0 aliphatic carbocycles. The molecule has 20 heavy (non-hydrogen) atoms. The van der Waals surface area contributed by atoms with E-state index in [0.717, 1.165) is 0 Å². The average Bonchev–Trinajstić information content (AvgIpc) is 2.99. The molecule has 5 nitrogen and oxygen atoms in total. The van der Waals surface area contributed by atoms with E-state index in [1.807, 2.05) is 0 Å². The molecule has 0 radical (unpaired) electrons. The number of anilines is 1. The van der Waals surface area contributed by atoms with Crippen molar-refractivity contribution in [1.82, 2.24) is 0 Å². The van der Waals surface area contributed by atoms with Crippen molar-refractivity contribution in [2.24, 2.45) is 0 Å². The summed E-state index contributed by atoms with van der Waals surface area (Å²) in [6, 6.07) is 6.81. The van der Waals surface area contributed by atoms with Gasteiger partial charge >= 0.3 is 0 Å². The van der Waals surface area contributed by atoms with Crippen molar-refractivity contribution in [2.75, 3.05) is 26.1 Å². The van der Waals surface area contributed by atoms with Gasteiger partial charge in [-0.25, -0.2) is 0 Å². The highest BCUT2D eigenvalue weighted by atomic mass is 35.5. The molecule has 1 atom stereocenters. The first kappa shape index (κ1) is 14.6. The van der Waals surface area contributed by atoms with E-state index in [1.165, 1.54) is 13.4 Å². The molecule has 1 aromatic heterocycles. The van der Waals surface area contributed by atoms with E-state index in [9.17, 15) is 5.11 Å². The minimum Gasteiger partial charge on any atom is -0.495 e. The summed E-state index contributed by atoms with van der Waals surface area (Å²) in [6.45, 7) is 0.272. The van der Waals surface area contributed by atoms with Crippen LogP contribution in [-0.2, 0) is 0 Å². The van der Waals surface area contributed by atoms with Crippen LogP contribution in [0.2, 0.25) is 5.02 Å². The summed E-state index contributed by atoms with van der Waals surface area (Å²) in [5, 5.41) is 13.5. The van der Waals surface area contributed by atoms with Gasteiger partial charge in [-0.3, -0.25) is 0 Å². The lowest BCUT2D eigenvalue weighted by Crippen LogP contribution is -2.12. The third kappa shape index (κ3) is 3.18. The van der Waals surface area contributed by atoms with Crippen molar-refractivity contribution in [3.05, 3.63) is 41.3 Å². The summed E-state index contributed by atoms with van der Waals surface area (Å²) in [4.78, 5) is 0. The number of hydrogen-bond acceptors (Lipinski definition) is 5. The Morgan fingerprint density at radius 1 is 1.30 bits per heavy atom. The van der Waals surface area contributed by atoms with E-state index in [0.29, 0.717) is 28.0 Å². The zero-order valence-electron chi connectivity index (χ0n) is 11.2. The van der Waals surface area contributed by atoms with Crippen molar-refractivity contribution in [3.8, 4) is 11.5 Å². The first-order valence-electron chi connectivity index (χ1n) is 6.02. The van der Waals surface area contributed by atoms with Crippen molar-refractivity contribution >= 4 is 17.3 Å². The van der Waals surface area contributed by atoms with Gasteiger partial charge in [0, 0.05) is 18.7 Å². The molecule has 1 unspecified atom stereocenters. The Bertz CT molecular complexity index is 557. The van der Waals surface area contributed by atoms with E-state index >= 15 is 0 Å². The molecule has 0 amide bonds. The van der Waals surface area contributed by atoms with Gasteiger partial charge in [0.2, 0.25) is 0 Å². The molecule has 0 saturated carbocycles. The third-order valence-corrected chi connectivity index (χ3v) is 3.13. The summed E-state index contributed by atoms with van der Waals surface area (Å²) in [5.41, 5.74) is 0.680. The number of aliphatic hydroxyl groups is 1. The summed E-state index contributed by atoms with van der Waals surface area (Å²) in [6.07, 6.45) is 0.765. The van der Waals surface area contributed by atoms with Gasteiger partial charge in [0.05, 0.1) is 31.2 Å². The minimum absolute atomic E-state index is 0.272. The lowest BCUT2D eigenvalue weighted by molar-refractivity contribution is 0.162. The van der Waals surface area contributed by atoms with Crippen LogP contribution >= 0.6 is 11.6 Å². The van der Waals surface area contributed by atoms with Gasteiger partial charge in [-0.05, 0) is 12.1 Å². The molecule has 1 heterocycles. The van der Waals surface area contributed by atoms with Crippen molar-refractivity contribution in [3.63, 3.8) is 0 Å². The van der Waals surface area contributed by atoms with Gasteiger partial charge in [-0.1, -0.05) is 11.6 Å². The smallest absolute Gasteiger partial charge is 0.143 e. The van der Waals surface area contributed by atoms with E-state index in [4.69, 9.17) is 25.5 Å². The quantitative estimate of drug-likeness (QED) is 0.858. The number of benzene rings is 1. The lowest BCUT2D eigenvalue weighted by Gasteiger charge is -2.15. The predicted octanol–water partition coefficient (Wildman–Crippen LogP) is 3.10. The first-order chi connectivity index (χ1) is 9.65. The summed E-state index contributed by atoms with van der Waals surface area (Å²) in [5.74, 6) is 1.60. The van der Waals surface area contributed by atoms with Crippen LogP contribution in [0.15, 0.2) is 34.9 Å². The fourth-order valence-electron chi connectivity index (χ4n) is 1.79. The standard InChI is InChI=1S/C14H16ClNO4/c1-18-13-7-10(14(19-2)6-9(13)15)16-8-11(17)12-4-3-5-20-12/h3-7,11,16-17H,8H2,1-2H3. The average molecular weight is 298 g/mol. The SMILES string of the molecule is COc1cc(NCC(O)c2ccco2)c(OC)cc1Cl. The molecule has 2 aromatic rings. The summed E-state index contributed by atoms with van der Waals surface area (Å²) in [7, 11) is 3.08. The monoisotopic (exact) mass is 297 g/mol. The second-order valence-electron chi connectivity index (χ2n) is 4.10. The topological polar surface area (TPSA) is 63.9 Å². The molecule has 0 spiro atoms. The zero-order valence-corrected chi connectivity index (χ0v) is 12.0. The highest BCUT2D eigenvalue weighted by Gasteiger charge is 2.13. The van der Waals surface area contributed by atoms with Crippen LogP contribution in [0.5, 0.6) is 11.5 Å². The largest absolute Gasteiger partial charge is 0.495 e.